The van der Waals surface area contributed by atoms with Gasteiger partial charge in [0.2, 0.25) is 0 Å². The van der Waals surface area contributed by atoms with Crippen LogP contribution in [-0.4, -0.2) is 31.4 Å². The van der Waals surface area contributed by atoms with Gasteiger partial charge in [0.05, 0.1) is 34.3 Å². The summed E-state index contributed by atoms with van der Waals surface area (Å²) in [7, 11) is 0. The van der Waals surface area contributed by atoms with Crippen LogP contribution in [-0.2, 0) is 6.54 Å². The Kier molecular flexibility index (Phi) is 4.58. The van der Waals surface area contributed by atoms with Crippen LogP contribution < -0.4 is 5.56 Å². The molecule has 0 aliphatic carbocycles. The minimum atomic E-state index is -0.421. The molecule has 0 atom stereocenters. The van der Waals surface area contributed by atoms with E-state index in [4.69, 9.17) is 0 Å². The van der Waals surface area contributed by atoms with Crippen molar-refractivity contribution in [2.75, 3.05) is 0 Å². The Balaban J connectivity index is 1.69. The largest absolute Gasteiger partial charge is 0.508 e. The number of halogens is 1. The summed E-state index contributed by atoms with van der Waals surface area (Å²) in [5.41, 5.74) is 1.30. The Bertz CT molecular complexity index is 1410. The number of rotatable bonds is 3. The van der Waals surface area contributed by atoms with Gasteiger partial charge in [-0.3, -0.25) is 23.9 Å². The first kappa shape index (κ1) is 19.4. The number of phenolic OH excluding ortho intramolecular Hbond substituents is 1. The maximum absolute atomic E-state index is 13.4. The molecule has 1 aliphatic rings. The van der Waals surface area contributed by atoms with Gasteiger partial charge in [-0.2, -0.15) is 0 Å². The number of hydrogen-bond donors (Lipinski definition) is 1. The van der Waals surface area contributed by atoms with E-state index in [1.165, 1.54) is 16.7 Å². The minimum Gasteiger partial charge on any atom is -0.508 e. The van der Waals surface area contributed by atoms with E-state index >= 15 is 0 Å². The van der Waals surface area contributed by atoms with E-state index in [0.717, 1.165) is 8.47 Å². The standard InChI is InChI=1S/C23H14IN3O4/c24-13-5-10-19-18(11-13)23(31)27(14-6-8-15(28)9-7-14)20(25-19)12-26-21(29)16-3-1-2-4-17(16)22(26)30/h1-11,28H,12H2. The van der Waals surface area contributed by atoms with Gasteiger partial charge in [-0.1, -0.05) is 12.1 Å². The third-order valence-corrected chi connectivity index (χ3v) is 5.86. The molecule has 0 fully saturated rings. The molecule has 2 heterocycles. The van der Waals surface area contributed by atoms with Gasteiger partial charge >= 0.3 is 0 Å². The summed E-state index contributed by atoms with van der Waals surface area (Å²) in [6.07, 6.45) is 0. The van der Waals surface area contributed by atoms with E-state index in [9.17, 15) is 19.5 Å². The first-order valence-corrected chi connectivity index (χ1v) is 10.5. The van der Waals surface area contributed by atoms with Crippen LogP contribution in [0, 0.1) is 3.57 Å². The molecule has 7 nitrogen and oxygen atoms in total. The zero-order valence-corrected chi connectivity index (χ0v) is 18.1. The Hall–Kier alpha value is -3.53. The Labute approximate surface area is 189 Å². The quantitative estimate of drug-likeness (QED) is 0.328. The predicted molar refractivity (Wildman–Crippen MR) is 122 cm³/mol. The molecule has 31 heavy (non-hydrogen) atoms. The van der Waals surface area contributed by atoms with Crippen LogP contribution in [0.1, 0.15) is 26.5 Å². The molecule has 0 saturated carbocycles. The molecule has 152 valence electrons. The van der Waals surface area contributed by atoms with Gasteiger partial charge in [0, 0.05) is 3.57 Å². The number of aromatic hydroxyl groups is 1. The molecule has 5 rings (SSSR count). The lowest BCUT2D eigenvalue weighted by Crippen LogP contribution is -2.33. The van der Waals surface area contributed by atoms with E-state index in [0.29, 0.717) is 27.7 Å². The van der Waals surface area contributed by atoms with Crippen molar-refractivity contribution in [3.05, 3.63) is 97.6 Å². The number of fused-ring (bicyclic) bond motifs is 2. The number of carbonyl (C=O) groups excluding carboxylic acids is 2. The summed E-state index contributed by atoms with van der Waals surface area (Å²) in [5, 5.41) is 10.1. The third kappa shape index (κ3) is 3.19. The summed E-state index contributed by atoms with van der Waals surface area (Å²) in [6.45, 7) is -0.162. The number of benzene rings is 3. The van der Waals surface area contributed by atoms with Gasteiger partial charge in [0.1, 0.15) is 11.6 Å². The topological polar surface area (TPSA) is 92.5 Å². The van der Waals surface area contributed by atoms with Gasteiger partial charge in [0.25, 0.3) is 17.4 Å². The highest BCUT2D eigenvalue weighted by Gasteiger charge is 2.36. The van der Waals surface area contributed by atoms with E-state index in [2.05, 4.69) is 27.6 Å². The van der Waals surface area contributed by atoms with Crippen LogP contribution in [0.5, 0.6) is 5.75 Å². The van der Waals surface area contributed by atoms with Crippen LogP contribution in [0.4, 0.5) is 0 Å². The number of aromatic nitrogens is 2. The molecule has 0 saturated heterocycles. The number of amides is 2. The molecular weight excluding hydrogens is 509 g/mol. The third-order valence-electron chi connectivity index (χ3n) is 5.19. The summed E-state index contributed by atoms with van der Waals surface area (Å²) in [5.74, 6) is -0.537. The minimum absolute atomic E-state index is 0.0574. The van der Waals surface area contributed by atoms with Crippen molar-refractivity contribution in [3.63, 3.8) is 0 Å². The zero-order chi connectivity index (χ0) is 21.7. The predicted octanol–water partition coefficient (Wildman–Crippen LogP) is 3.49. The molecule has 0 radical (unpaired) electrons. The van der Waals surface area contributed by atoms with Crippen molar-refractivity contribution in [3.8, 4) is 11.4 Å². The summed E-state index contributed by atoms with van der Waals surface area (Å²) < 4.78 is 2.26. The van der Waals surface area contributed by atoms with Crippen LogP contribution in [0.15, 0.2) is 71.5 Å². The van der Waals surface area contributed by atoms with Gasteiger partial charge in [-0.15, -0.1) is 0 Å². The van der Waals surface area contributed by atoms with Crippen molar-refractivity contribution < 1.29 is 14.7 Å². The second kappa shape index (κ2) is 7.31. The van der Waals surface area contributed by atoms with Crippen molar-refractivity contribution in [2.45, 2.75) is 6.54 Å². The maximum Gasteiger partial charge on any atom is 0.266 e. The highest BCUT2D eigenvalue weighted by atomic mass is 127. The first-order chi connectivity index (χ1) is 14.9. The number of nitrogens with zero attached hydrogens (tertiary/aromatic N) is 3. The number of imide groups is 1. The van der Waals surface area contributed by atoms with Crippen LogP contribution in [0.2, 0.25) is 0 Å². The van der Waals surface area contributed by atoms with Crippen molar-refractivity contribution in [1.82, 2.24) is 14.5 Å². The first-order valence-electron chi connectivity index (χ1n) is 9.40. The fourth-order valence-electron chi connectivity index (χ4n) is 3.70. The number of hydrogen-bond acceptors (Lipinski definition) is 5. The summed E-state index contributed by atoms with van der Waals surface area (Å²) in [4.78, 5) is 44.8. The SMILES string of the molecule is O=C1c2ccccc2C(=O)N1Cc1nc2ccc(I)cc2c(=O)n1-c1ccc(O)cc1. The normalized spacial score (nSPS) is 13.1. The molecule has 4 aromatic rings. The second-order valence-corrected chi connectivity index (χ2v) is 8.33. The van der Waals surface area contributed by atoms with Crippen LogP contribution in [0.25, 0.3) is 16.6 Å². The molecule has 8 heteroatoms. The smallest absolute Gasteiger partial charge is 0.266 e. The molecule has 0 spiro atoms. The van der Waals surface area contributed by atoms with Gasteiger partial charge in [0.15, 0.2) is 0 Å². The van der Waals surface area contributed by atoms with E-state index < -0.39 is 11.8 Å². The molecule has 0 bridgehead atoms. The average molecular weight is 523 g/mol. The Morgan fingerprint density at radius 1 is 0.871 bits per heavy atom. The fraction of sp³-hybridized carbons (Fsp3) is 0.0435. The van der Waals surface area contributed by atoms with E-state index in [-0.39, 0.29) is 23.7 Å². The average Bonchev–Trinajstić information content (AvgIpc) is 3.01. The molecule has 0 unspecified atom stereocenters. The summed E-state index contributed by atoms with van der Waals surface area (Å²) >= 11 is 2.12. The molecule has 3 aromatic carbocycles. The Morgan fingerprint density at radius 2 is 1.52 bits per heavy atom. The van der Waals surface area contributed by atoms with Gasteiger partial charge in [-0.05, 0) is 77.2 Å². The lowest BCUT2D eigenvalue weighted by atomic mass is 10.1. The molecular formula is C23H14IN3O4. The second-order valence-electron chi connectivity index (χ2n) is 7.09. The van der Waals surface area contributed by atoms with Crippen molar-refractivity contribution in [2.24, 2.45) is 0 Å². The number of phenols is 1. The maximum atomic E-state index is 13.4. The fourth-order valence-corrected chi connectivity index (χ4v) is 4.19. The monoisotopic (exact) mass is 523 g/mol. The van der Waals surface area contributed by atoms with Crippen LogP contribution in [0.3, 0.4) is 0 Å². The molecule has 1 N–H and O–H groups in total. The lowest BCUT2D eigenvalue weighted by molar-refractivity contribution is 0.0637. The van der Waals surface area contributed by atoms with Gasteiger partial charge in [-0.25, -0.2) is 4.98 Å². The highest BCUT2D eigenvalue weighted by Crippen LogP contribution is 2.25. The number of carbonyl (C=O) groups is 2. The lowest BCUT2D eigenvalue weighted by Gasteiger charge is -2.18. The van der Waals surface area contributed by atoms with Crippen molar-refractivity contribution >= 4 is 45.3 Å². The molecule has 2 amide bonds. The van der Waals surface area contributed by atoms with E-state index in [1.54, 1.807) is 48.5 Å². The highest BCUT2D eigenvalue weighted by molar-refractivity contribution is 14.1. The van der Waals surface area contributed by atoms with E-state index in [1.807, 2.05) is 6.07 Å². The Morgan fingerprint density at radius 3 is 2.16 bits per heavy atom. The van der Waals surface area contributed by atoms with Gasteiger partial charge < -0.3 is 5.11 Å². The molecule has 1 aliphatic heterocycles. The zero-order valence-electron chi connectivity index (χ0n) is 15.9. The van der Waals surface area contributed by atoms with Crippen LogP contribution >= 0.6 is 22.6 Å². The molecule has 1 aromatic heterocycles. The van der Waals surface area contributed by atoms with Crippen molar-refractivity contribution in [1.29, 1.82) is 0 Å². The summed E-state index contributed by atoms with van der Waals surface area (Å²) in [6, 6.07) is 18.1.